The minimum Gasteiger partial charge on any atom is -0.278 e. The molecule has 3 nitrogen and oxygen atoms in total. The lowest BCUT2D eigenvalue weighted by atomic mass is 10.3. The van der Waals surface area contributed by atoms with Gasteiger partial charge in [-0.2, -0.15) is 0 Å². The first-order chi connectivity index (χ1) is 9.51. The molecule has 2 aromatic rings. The molecule has 1 aromatic heterocycles. The fourth-order valence-corrected chi connectivity index (χ4v) is 4.33. The van der Waals surface area contributed by atoms with Gasteiger partial charge in [-0.3, -0.25) is 13.9 Å². The monoisotopic (exact) mass is 347 g/mol. The molecule has 106 valence electrons. The topological polar surface area (TPSA) is 37.4 Å². The molecule has 7 heteroatoms. The number of amides is 1. The average molecular weight is 348 g/mol. The van der Waals surface area contributed by atoms with Gasteiger partial charge in [-0.05, 0) is 24.3 Å². The predicted octanol–water partition coefficient (Wildman–Crippen LogP) is 4.23. The normalized spacial score (nSPS) is 12.2. The number of hydrogen-bond acceptors (Lipinski definition) is 3. The zero-order valence-electron chi connectivity index (χ0n) is 10.5. The Hall–Kier alpha value is -0.880. The van der Waals surface area contributed by atoms with Crippen molar-refractivity contribution in [3.63, 3.8) is 0 Å². The molecule has 0 radical (unpaired) electrons. The van der Waals surface area contributed by atoms with Crippen molar-refractivity contribution in [3.05, 3.63) is 45.3 Å². The lowest BCUT2D eigenvalue weighted by Gasteiger charge is -2.16. The molecule has 1 aromatic carbocycles. The predicted molar refractivity (Wildman–Crippen MR) is 86.8 cm³/mol. The van der Waals surface area contributed by atoms with Gasteiger partial charge in [0.05, 0.1) is 16.5 Å². The summed E-state index contributed by atoms with van der Waals surface area (Å²) >= 11 is 13.5. The van der Waals surface area contributed by atoms with E-state index < -0.39 is 10.8 Å². The van der Waals surface area contributed by atoms with Crippen molar-refractivity contribution in [2.45, 2.75) is 5.75 Å². The van der Waals surface area contributed by atoms with Crippen molar-refractivity contribution < 1.29 is 9.00 Å². The van der Waals surface area contributed by atoms with Gasteiger partial charge in [0.2, 0.25) is 6.41 Å². The minimum atomic E-state index is -0.951. The first kappa shape index (κ1) is 15.5. The van der Waals surface area contributed by atoms with Crippen LogP contribution in [-0.2, 0) is 21.3 Å². The van der Waals surface area contributed by atoms with Crippen LogP contribution in [0.4, 0.5) is 10.7 Å². The summed E-state index contributed by atoms with van der Waals surface area (Å²) in [4.78, 5) is 13.7. The van der Waals surface area contributed by atoms with E-state index in [4.69, 9.17) is 23.2 Å². The average Bonchev–Trinajstić information content (AvgIpc) is 2.70. The zero-order chi connectivity index (χ0) is 14.7. The highest BCUT2D eigenvalue weighted by Crippen LogP contribution is 2.39. The van der Waals surface area contributed by atoms with E-state index >= 15 is 0 Å². The molecule has 2 rings (SSSR count). The third-order valence-electron chi connectivity index (χ3n) is 2.48. The number of anilines is 2. The maximum Gasteiger partial charge on any atom is 0.219 e. The van der Waals surface area contributed by atoms with Crippen LogP contribution < -0.4 is 4.90 Å². The van der Waals surface area contributed by atoms with Crippen molar-refractivity contribution in [1.29, 1.82) is 0 Å². The molecule has 0 spiro atoms. The van der Waals surface area contributed by atoms with Crippen LogP contribution in [0, 0.1) is 0 Å². The molecule has 0 N–H and O–H groups in total. The van der Waals surface area contributed by atoms with Crippen LogP contribution in [0.5, 0.6) is 0 Å². The molecule has 20 heavy (non-hydrogen) atoms. The second kappa shape index (κ2) is 6.72. The van der Waals surface area contributed by atoms with E-state index in [1.807, 2.05) is 0 Å². The van der Waals surface area contributed by atoms with E-state index in [9.17, 15) is 9.00 Å². The third-order valence-corrected chi connectivity index (χ3v) is 5.15. The standard InChI is InChI=1S/C13H11Cl2NO2S2/c1-20(18)7-11-6-12(15)13(19-11)16(8-17)10-4-2-3-9(14)5-10/h2-6,8H,7H2,1H3. The lowest BCUT2D eigenvalue weighted by molar-refractivity contribution is -0.106. The molecule has 0 aliphatic heterocycles. The Bertz CT molecular complexity index is 658. The van der Waals surface area contributed by atoms with Crippen LogP contribution in [0.1, 0.15) is 4.88 Å². The Morgan fingerprint density at radius 2 is 2.10 bits per heavy atom. The van der Waals surface area contributed by atoms with Gasteiger partial charge in [0, 0.05) is 27.0 Å². The fraction of sp³-hybridized carbons (Fsp3) is 0.154. The van der Waals surface area contributed by atoms with Gasteiger partial charge in [0.25, 0.3) is 0 Å². The van der Waals surface area contributed by atoms with Gasteiger partial charge in [-0.15, -0.1) is 11.3 Å². The SMILES string of the molecule is CS(=O)Cc1cc(Cl)c(N(C=O)c2cccc(Cl)c2)s1. The van der Waals surface area contributed by atoms with E-state index in [0.29, 0.717) is 32.9 Å². The fourth-order valence-electron chi connectivity index (χ4n) is 1.69. The van der Waals surface area contributed by atoms with E-state index in [1.165, 1.54) is 16.2 Å². The maximum absolute atomic E-state index is 11.4. The number of nitrogens with zero attached hydrogens (tertiary/aromatic N) is 1. The minimum absolute atomic E-state index is 0.423. The Labute approximate surface area is 133 Å². The number of carbonyl (C=O) groups excluding carboxylic acids is 1. The Morgan fingerprint density at radius 1 is 1.35 bits per heavy atom. The summed E-state index contributed by atoms with van der Waals surface area (Å²) in [7, 11) is -0.951. The van der Waals surface area contributed by atoms with Crippen molar-refractivity contribution in [1.82, 2.24) is 0 Å². The molecular weight excluding hydrogens is 337 g/mol. The maximum atomic E-state index is 11.4. The highest BCUT2D eigenvalue weighted by molar-refractivity contribution is 7.83. The second-order valence-corrected chi connectivity index (χ2v) is 7.43. The van der Waals surface area contributed by atoms with Gasteiger partial charge in [-0.1, -0.05) is 29.3 Å². The van der Waals surface area contributed by atoms with E-state index in [0.717, 1.165) is 4.88 Å². The highest BCUT2D eigenvalue weighted by atomic mass is 35.5. The van der Waals surface area contributed by atoms with Crippen molar-refractivity contribution in [2.24, 2.45) is 0 Å². The summed E-state index contributed by atoms with van der Waals surface area (Å²) in [6.45, 7) is 0. The summed E-state index contributed by atoms with van der Waals surface area (Å²) in [5, 5.41) is 1.60. The van der Waals surface area contributed by atoms with E-state index in [-0.39, 0.29) is 0 Å². The van der Waals surface area contributed by atoms with Crippen LogP contribution in [0.3, 0.4) is 0 Å². The van der Waals surface area contributed by atoms with E-state index in [1.54, 1.807) is 36.6 Å². The van der Waals surface area contributed by atoms with Gasteiger partial charge in [-0.25, -0.2) is 0 Å². The first-order valence-corrected chi connectivity index (χ1v) is 8.89. The van der Waals surface area contributed by atoms with Gasteiger partial charge >= 0.3 is 0 Å². The second-order valence-electron chi connectivity index (χ2n) is 4.04. The number of benzene rings is 1. The zero-order valence-corrected chi connectivity index (χ0v) is 13.7. The van der Waals surface area contributed by atoms with Crippen LogP contribution in [0.15, 0.2) is 30.3 Å². The molecule has 1 atom stereocenters. The van der Waals surface area contributed by atoms with Gasteiger partial charge in [0.15, 0.2) is 0 Å². The highest BCUT2D eigenvalue weighted by Gasteiger charge is 2.16. The number of carbonyl (C=O) groups is 1. The molecule has 0 fully saturated rings. The Balaban J connectivity index is 2.39. The van der Waals surface area contributed by atoms with Crippen LogP contribution in [-0.4, -0.2) is 16.9 Å². The number of hydrogen-bond donors (Lipinski definition) is 0. The molecule has 0 saturated heterocycles. The molecule has 1 unspecified atom stereocenters. The van der Waals surface area contributed by atoms with Crippen molar-refractivity contribution in [3.8, 4) is 0 Å². The molecule has 0 aliphatic carbocycles. The third kappa shape index (κ3) is 3.61. The number of thiophene rings is 1. The summed E-state index contributed by atoms with van der Waals surface area (Å²) in [5.41, 5.74) is 0.639. The number of rotatable bonds is 5. The van der Waals surface area contributed by atoms with Gasteiger partial charge in [0.1, 0.15) is 5.00 Å². The summed E-state index contributed by atoms with van der Waals surface area (Å²) in [6, 6.07) is 8.69. The van der Waals surface area contributed by atoms with Crippen LogP contribution in [0.25, 0.3) is 0 Å². The first-order valence-electron chi connectivity index (χ1n) is 5.59. The molecule has 1 amide bonds. The molecule has 1 heterocycles. The van der Waals surface area contributed by atoms with Gasteiger partial charge < -0.3 is 0 Å². The molecule has 0 saturated carbocycles. The molecule has 0 bridgehead atoms. The lowest BCUT2D eigenvalue weighted by Crippen LogP contribution is -2.12. The quantitative estimate of drug-likeness (QED) is 0.759. The smallest absolute Gasteiger partial charge is 0.219 e. The van der Waals surface area contributed by atoms with Crippen LogP contribution >= 0.6 is 34.5 Å². The summed E-state index contributed by atoms with van der Waals surface area (Å²) < 4.78 is 11.3. The molecule has 0 aliphatic rings. The molecular formula is C13H11Cl2NO2S2. The van der Waals surface area contributed by atoms with Crippen molar-refractivity contribution in [2.75, 3.05) is 11.2 Å². The Morgan fingerprint density at radius 3 is 2.70 bits per heavy atom. The van der Waals surface area contributed by atoms with Crippen molar-refractivity contribution >= 4 is 62.4 Å². The largest absolute Gasteiger partial charge is 0.278 e. The number of halogens is 2. The Kier molecular flexibility index (Phi) is 5.21. The summed E-state index contributed by atoms with van der Waals surface area (Å²) in [6.07, 6.45) is 2.32. The summed E-state index contributed by atoms with van der Waals surface area (Å²) in [5.74, 6) is 0.423. The van der Waals surface area contributed by atoms with E-state index in [2.05, 4.69) is 0 Å². The van der Waals surface area contributed by atoms with Crippen LogP contribution in [0.2, 0.25) is 10.0 Å².